The molecule has 4 heteroatoms. The third kappa shape index (κ3) is 4.63. The van der Waals surface area contributed by atoms with E-state index in [1.54, 1.807) is 0 Å². The van der Waals surface area contributed by atoms with Crippen molar-refractivity contribution in [1.82, 2.24) is 10.2 Å². The molecule has 0 aromatic heterocycles. The third-order valence-electron chi connectivity index (χ3n) is 4.07. The number of benzene rings is 1. The molecule has 0 saturated carbocycles. The number of hydrogen-bond acceptors (Lipinski definition) is 2. The Bertz CT molecular complexity index is 458. The quantitative estimate of drug-likeness (QED) is 0.580. The topological polar surface area (TPSA) is 15.3 Å². The lowest BCUT2D eigenvalue weighted by molar-refractivity contribution is 0.162. The van der Waals surface area contributed by atoms with E-state index in [4.69, 9.17) is 0 Å². The molecule has 1 atom stereocenters. The van der Waals surface area contributed by atoms with Crippen molar-refractivity contribution in [2.24, 2.45) is 0 Å². The first-order valence-electron chi connectivity index (χ1n) is 7.73. The molecule has 0 spiro atoms. The summed E-state index contributed by atoms with van der Waals surface area (Å²) in [6, 6.07) is 5.67. The van der Waals surface area contributed by atoms with E-state index in [1.165, 1.54) is 6.07 Å². The van der Waals surface area contributed by atoms with E-state index in [0.29, 0.717) is 10.5 Å². The Hall–Kier alpha value is -0.710. The first-order valence-corrected chi connectivity index (χ1v) is 8.53. The molecule has 2 rings (SSSR count). The number of allylic oxidation sites excluding steroid dienone is 1. The standard InChI is InChI=1S/C17H24BrFN2/c1-2-3-4-5-9-16(21-12-10-20-11-13-21)14-7-6-8-15(19)17(14)18/h2,6-8,16,20H,1,3-5,9-13H2/t16-/m0/s1. The number of nitrogens with zero attached hydrogens (tertiary/aromatic N) is 1. The SMILES string of the molecule is C=CCCCC[C@@H](c1cccc(F)c1Br)N1CCNCC1. The molecule has 0 radical (unpaired) electrons. The van der Waals surface area contributed by atoms with Crippen molar-refractivity contribution in [1.29, 1.82) is 0 Å². The van der Waals surface area contributed by atoms with Crippen molar-refractivity contribution in [2.75, 3.05) is 26.2 Å². The van der Waals surface area contributed by atoms with Gasteiger partial charge in [0.15, 0.2) is 0 Å². The van der Waals surface area contributed by atoms with E-state index in [9.17, 15) is 4.39 Å². The van der Waals surface area contributed by atoms with E-state index in [1.807, 2.05) is 18.2 Å². The van der Waals surface area contributed by atoms with Gasteiger partial charge in [0.25, 0.3) is 0 Å². The number of nitrogens with one attached hydrogen (secondary N) is 1. The van der Waals surface area contributed by atoms with Crippen LogP contribution < -0.4 is 5.32 Å². The normalized spacial score (nSPS) is 17.6. The Labute approximate surface area is 135 Å². The fraction of sp³-hybridized carbons (Fsp3) is 0.529. The summed E-state index contributed by atoms with van der Waals surface area (Å²) in [5.41, 5.74) is 1.08. The van der Waals surface area contributed by atoms with Gasteiger partial charge in [-0.3, -0.25) is 4.90 Å². The van der Waals surface area contributed by atoms with Crippen LogP contribution in [0.2, 0.25) is 0 Å². The third-order valence-corrected chi connectivity index (χ3v) is 4.91. The van der Waals surface area contributed by atoms with Gasteiger partial charge in [0.1, 0.15) is 5.82 Å². The molecule has 1 aromatic rings. The molecule has 1 aliphatic rings. The molecule has 1 saturated heterocycles. The van der Waals surface area contributed by atoms with Crippen LogP contribution in [-0.4, -0.2) is 31.1 Å². The minimum absolute atomic E-state index is 0.168. The van der Waals surface area contributed by atoms with Crippen LogP contribution in [-0.2, 0) is 0 Å². The molecule has 0 aliphatic carbocycles. The summed E-state index contributed by atoms with van der Waals surface area (Å²) in [7, 11) is 0. The van der Waals surface area contributed by atoms with Crippen molar-refractivity contribution in [3.8, 4) is 0 Å². The fourth-order valence-corrected chi connectivity index (χ4v) is 3.46. The van der Waals surface area contributed by atoms with Crippen LogP contribution in [0.15, 0.2) is 35.3 Å². The highest BCUT2D eigenvalue weighted by atomic mass is 79.9. The zero-order valence-corrected chi connectivity index (χ0v) is 14.0. The van der Waals surface area contributed by atoms with E-state index in [2.05, 4.69) is 32.7 Å². The van der Waals surface area contributed by atoms with Crippen LogP contribution >= 0.6 is 15.9 Å². The molecule has 1 fully saturated rings. The van der Waals surface area contributed by atoms with E-state index in [-0.39, 0.29) is 5.82 Å². The summed E-state index contributed by atoms with van der Waals surface area (Å²) in [6.07, 6.45) is 6.38. The monoisotopic (exact) mass is 354 g/mol. The zero-order chi connectivity index (χ0) is 15.1. The van der Waals surface area contributed by atoms with Crippen LogP contribution in [0.5, 0.6) is 0 Å². The molecule has 1 aliphatic heterocycles. The summed E-state index contributed by atoms with van der Waals surface area (Å²) in [6.45, 7) is 7.84. The zero-order valence-electron chi connectivity index (χ0n) is 12.5. The number of unbranched alkanes of at least 4 members (excludes halogenated alkanes) is 2. The Balaban J connectivity index is 2.13. The molecule has 0 amide bonds. The molecule has 2 nitrogen and oxygen atoms in total. The van der Waals surface area contributed by atoms with Gasteiger partial charge in [-0.25, -0.2) is 4.39 Å². The lowest BCUT2D eigenvalue weighted by Gasteiger charge is -2.36. The second-order valence-electron chi connectivity index (χ2n) is 5.52. The minimum Gasteiger partial charge on any atom is -0.314 e. The van der Waals surface area contributed by atoms with Crippen LogP contribution in [0.1, 0.15) is 37.3 Å². The lowest BCUT2D eigenvalue weighted by Crippen LogP contribution is -2.45. The average Bonchev–Trinajstić information content (AvgIpc) is 2.52. The van der Waals surface area contributed by atoms with Gasteiger partial charge in [-0.1, -0.05) is 24.6 Å². The second kappa shape index (κ2) is 8.66. The predicted molar refractivity (Wildman–Crippen MR) is 89.9 cm³/mol. The second-order valence-corrected chi connectivity index (χ2v) is 6.31. The maximum atomic E-state index is 13.9. The summed E-state index contributed by atoms with van der Waals surface area (Å²) in [5.74, 6) is -0.168. The Morgan fingerprint density at radius 2 is 2.10 bits per heavy atom. The van der Waals surface area contributed by atoms with Crippen LogP contribution in [0.3, 0.4) is 0 Å². The fourth-order valence-electron chi connectivity index (χ4n) is 2.93. The maximum absolute atomic E-state index is 13.9. The number of halogens is 2. The van der Waals surface area contributed by atoms with Gasteiger partial charge >= 0.3 is 0 Å². The van der Waals surface area contributed by atoms with Crippen molar-refractivity contribution < 1.29 is 4.39 Å². The molecule has 0 bridgehead atoms. The van der Waals surface area contributed by atoms with E-state index >= 15 is 0 Å². The smallest absolute Gasteiger partial charge is 0.137 e. The molecule has 1 aromatic carbocycles. The molecule has 1 N–H and O–H groups in total. The highest BCUT2D eigenvalue weighted by Crippen LogP contribution is 2.33. The summed E-state index contributed by atoms with van der Waals surface area (Å²) >= 11 is 3.44. The van der Waals surface area contributed by atoms with Crippen molar-refractivity contribution >= 4 is 15.9 Å². The number of hydrogen-bond donors (Lipinski definition) is 1. The maximum Gasteiger partial charge on any atom is 0.137 e. The van der Waals surface area contributed by atoms with Crippen molar-refractivity contribution in [3.63, 3.8) is 0 Å². The first kappa shape index (κ1) is 16.7. The van der Waals surface area contributed by atoms with Crippen LogP contribution in [0.4, 0.5) is 4.39 Å². The predicted octanol–water partition coefficient (Wildman–Crippen LogP) is 4.28. The molecular weight excluding hydrogens is 331 g/mol. The first-order chi connectivity index (χ1) is 10.2. The van der Waals surface area contributed by atoms with Crippen LogP contribution in [0.25, 0.3) is 0 Å². The summed E-state index contributed by atoms with van der Waals surface area (Å²) in [4.78, 5) is 2.48. The van der Waals surface area contributed by atoms with Gasteiger partial charge in [-0.15, -0.1) is 6.58 Å². The molecule has 21 heavy (non-hydrogen) atoms. The van der Waals surface area contributed by atoms with Gasteiger partial charge in [0, 0.05) is 32.2 Å². The van der Waals surface area contributed by atoms with Gasteiger partial charge in [-0.05, 0) is 46.8 Å². The van der Waals surface area contributed by atoms with E-state index in [0.717, 1.165) is 57.4 Å². The Morgan fingerprint density at radius 1 is 1.33 bits per heavy atom. The average molecular weight is 355 g/mol. The minimum atomic E-state index is -0.168. The molecular formula is C17H24BrFN2. The Morgan fingerprint density at radius 3 is 2.81 bits per heavy atom. The van der Waals surface area contributed by atoms with Gasteiger partial charge in [0.05, 0.1) is 4.47 Å². The highest BCUT2D eigenvalue weighted by Gasteiger charge is 2.24. The highest BCUT2D eigenvalue weighted by molar-refractivity contribution is 9.10. The summed E-state index contributed by atoms with van der Waals surface area (Å²) in [5, 5.41) is 3.38. The Kier molecular flexibility index (Phi) is 6.87. The largest absolute Gasteiger partial charge is 0.314 e. The van der Waals surface area contributed by atoms with Gasteiger partial charge < -0.3 is 5.32 Å². The van der Waals surface area contributed by atoms with Crippen molar-refractivity contribution in [3.05, 3.63) is 46.7 Å². The lowest BCUT2D eigenvalue weighted by atomic mass is 9.98. The molecule has 0 unspecified atom stereocenters. The number of piperazine rings is 1. The molecule has 1 heterocycles. The molecule has 116 valence electrons. The van der Waals surface area contributed by atoms with Gasteiger partial charge in [-0.2, -0.15) is 0 Å². The van der Waals surface area contributed by atoms with E-state index < -0.39 is 0 Å². The van der Waals surface area contributed by atoms with Gasteiger partial charge in [0.2, 0.25) is 0 Å². The van der Waals surface area contributed by atoms with Crippen molar-refractivity contribution in [2.45, 2.75) is 31.7 Å². The van der Waals surface area contributed by atoms with Crippen LogP contribution in [0, 0.1) is 5.82 Å². The summed E-state index contributed by atoms with van der Waals surface area (Å²) < 4.78 is 14.5. The number of rotatable bonds is 7.